The predicted molar refractivity (Wildman–Crippen MR) is 159 cm³/mol. The van der Waals surface area contributed by atoms with Crippen LogP contribution in [0.1, 0.15) is 71.9 Å². The third-order valence-electron chi connectivity index (χ3n) is 9.54. The molecule has 2 aromatic rings. The number of hydrogen-bond donors (Lipinski definition) is 1. The van der Waals surface area contributed by atoms with Crippen LogP contribution in [0.3, 0.4) is 0 Å². The molecule has 12 heteroatoms. The highest BCUT2D eigenvalue weighted by Gasteiger charge is 2.55. The van der Waals surface area contributed by atoms with E-state index in [-0.39, 0.29) is 41.2 Å². The van der Waals surface area contributed by atoms with Gasteiger partial charge in [-0.15, -0.1) is 0 Å². The van der Waals surface area contributed by atoms with Gasteiger partial charge in [-0.2, -0.15) is 9.97 Å². The number of alkyl halides is 1. The minimum absolute atomic E-state index is 0.0151. The van der Waals surface area contributed by atoms with Crippen LogP contribution in [-0.4, -0.2) is 88.9 Å². The number of nitrogens with one attached hydrogen (secondary N) is 1. The van der Waals surface area contributed by atoms with E-state index in [1.807, 2.05) is 18.9 Å². The number of nitrogens with zero attached hydrogens (tertiary/aromatic N) is 5. The summed E-state index contributed by atoms with van der Waals surface area (Å²) in [5.74, 6) is -0.380. The summed E-state index contributed by atoms with van der Waals surface area (Å²) >= 11 is 0. The summed E-state index contributed by atoms with van der Waals surface area (Å²) in [5.41, 5.74) is -1.09. The number of aryl methyl sites for hydroxylation is 1. The predicted octanol–water partition coefficient (Wildman–Crippen LogP) is 4.76. The van der Waals surface area contributed by atoms with E-state index in [0.29, 0.717) is 37.1 Å². The molecule has 1 aliphatic carbocycles. The number of pyridine rings is 1. The Bertz CT molecular complexity index is 1370. The van der Waals surface area contributed by atoms with E-state index in [2.05, 4.69) is 20.2 Å². The van der Waals surface area contributed by atoms with Crippen molar-refractivity contribution < 1.29 is 27.8 Å². The number of ether oxygens (including phenoxy) is 2. The Morgan fingerprint density at radius 3 is 2.72 bits per heavy atom. The second-order valence-electron chi connectivity index (χ2n) is 13.6. The number of amides is 1. The van der Waals surface area contributed by atoms with Gasteiger partial charge in [0, 0.05) is 50.1 Å². The maximum atomic E-state index is 15.5. The van der Waals surface area contributed by atoms with E-state index >= 15 is 4.39 Å². The van der Waals surface area contributed by atoms with Gasteiger partial charge in [-0.1, -0.05) is 6.92 Å². The average molecular weight is 603 g/mol. The maximum Gasteiger partial charge on any atom is 0.407 e. The molecule has 43 heavy (non-hydrogen) atoms. The summed E-state index contributed by atoms with van der Waals surface area (Å²) in [6.45, 7) is 10.6. The van der Waals surface area contributed by atoms with Gasteiger partial charge >= 0.3 is 12.1 Å². The van der Waals surface area contributed by atoms with Crippen molar-refractivity contribution in [3.05, 3.63) is 17.7 Å². The molecule has 0 spiro atoms. The standard InChI is InChI=1S/C31H44F2N6O4/c1-19(17-40)31(10-11-31)23(8-12-34-28(41)43-29(3,4)5)38(6)26-22-15-35-20(2)24(33)25(22)36-27(37-26)42-18-30-9-7-13-39(30)16-21(32)14-30/h15,17,19,21,23H,7-14,16,18H2,1-6H3,(H,34,41)/t19?,21-,23-,30+/m1/s1. The smallest absolute Gasteiger partial charge is 0.407 e. The number of halogens is 2. The Morgan fingerprint density at radius 2 is 2.05 bits per heavy atom. The fraction of sp³-hybridized carbons (Fsp3) is 0.710. The minimum atomic E-state index is -0.904. The Kier molecular flexibility index (Phi) is 8.54. The lowest BCUT2D eigenvalue weighted by atomic mass is 9.82. The van der Waals surface area contributed by atoms with Gasteiger partial charge in [0.1, 0.15) is 36.0 Å². The molecule has 0 aromatic carbocycles. The van der Waals surface area contributed by atoms with Gasteiger partial charge < -0.3 is 24.5 Å². The van der Waals surface area contributed by atoms with Gasteiger partial charge in [0.15, 0.2) is 5.82 Å². The topological polar surface area (TPSA) is 110 Å². The second kappa shape index (κ2) is 11.7. The van der Waals surface area contributed by atoms with Crippen molar-refractivity contribution in [1.82, 2.24) is 25.2 Å². The molecule has 3 aliphatic rings. The normalized spacial score (nSPS) is 24.3. The molecule has 1 N–H and O–H groups in total. The second-order valence-corrected chi connectivity index (χ2v) is 13.6. The molecule has 10 nitrogen and oxygen atoms in total. The summed E-state index contributed by atoms with van der Waals surface area (Å²) in [4.78, 5) is 42.0. The monoisotopic (exact) mass is 602 g/mol. The molecule has 5 rings (SSSR count). The van der Waals surface area contributed by atoms with E-state index in [1.54, 1.807) is 33.9 Å². The molecular formula is C31H44F2N6O4. The molecule has 3 fully saturated rings. The van der Waals surface area contributed by atoms with Crippen LogP contribution in [0.5, 0.6) is 6.01 Å². The van der Waals surface area contributed by atoms with Crippen LogP contribution in [-0.2, 0) is 9.53 Å². The lowest BCUT2D eigenvalue weighted by Gasteiger charge is -2.38. The van der Waals surface area contributed by atoms with Crippen LogP contribution in [0, 0.1) is 24.1 Å². The summed E-state index contributed by atoms with van der Waals surface area (Å²) < 4.78 is 41.4. The number of anilines is 1. The van der Waals surface area contributed by atoms with Crippen LogP contribution < -0.4 is 15.0 Å². The maximum absolute atomic E-state index is 15.5. The first-order valence-corrected chi connectivity index (χ1v) is 15.3. The summed E-state index contributed by atoms with van der Waals surface area (Å²) in [6.07, 6.45) is 5.44. The van der Waals surface area contributed by atoms with Gasteiger partial charge in [0.05, 0.1) is 16.6 Å². The number of alkyl carbamates (subject to hydrolysis) is 1. The number of aldehydes is 1. The van der Waals surface area contributed by atoms with E-state index in [9.17, 15) is 14.0 Å². The fourth-order valence-electron chi connectivity index (χ4n) is 7.11. The highest BCUT2D eigenvalue weighted by molar-refractivity contribution is 5.90. The Labute approximate surface area is 251 Å². The number of hydrogen-bond acceptors (Lipinski definition) is 9. The van der Waals surface area contributed by atoms with Crippen LogP contribution in [0.4, 0.5) is 19.4 Å². The van der Waals surface area contributed by atoms with Gasteiger partial charge in [-0.05, 0) is 66.3 Å². The van der Waals surface area contributed by atoms with Gasteiger partial charge in [0.2, 0.25) is 0 Å². The minimum Gasteiger partial charge on any atom is -0.461 e. The molecule has 2 aliphatic heterocycles. The van der Waals surface area contributed by atoms with Gasteiger partial charge in [-0.3, -0.25) is 9.88 Å². The Morgan fingerprint density at radius 1 is 1.30 bits per heavy atom. The Balaban J connectivity index is 1.47. The number of fused-ring (bicyclic) bond motifs is 2. The van der Waals surface area contributed by atoms with Crippen LogP contribution in [0.25, 0.3) is 10.9 Å². The summed E-state index contributed by atoms with van der Waals surface area (Å²) in [6, 6.07) is -0.217. The molecule has 0 radical (unpaired) electrons. The van der Waals surface area contributed by atoms with E-state index in [1.165, 1.54) is 0 Å². The third kappa shape index (κ3) is 6.25. The van der Waals surface area contributed by atoms with Crippen LogP contribution in [0.2, 0.25) is 0 Å². The molecular weight excluding hydrogens is 558 g/mol. The zero-order valence-electron chi connectivity index (χ0n) is 26.1. The van der Waals surface area contributed by atoms with E-state index in [0.717, 1.165) is 38.5 Å². The zero-order chi connectivity index (χ0) is 31.2. The molecule has 1 saturated carbocycles. The SMILES string of the molecule is Cc1ncc2c(N(C)[C@H](CCNC(=O)OC(C)(C)C)C3(C(C)C=O)CC3)nc(OC[C@@]34CCCN3C[C@H](F)C4)nc2c1F. The summed E-state index contributed by atoms with van der Waals surface area (Å²) in [5, 5.41) is 3.25. The summed E-state index contributed by atoms with van der Waals surface area (Å²) in [7, 11) is 1.86. The molecule has 4 atom stereocenters. The fourth-order valence-corrected chi connectivity index (χ4v) is 7.11. The Hall–Kier alpha value is -3.15. The first-order chi connectivity index (χ1) is 20.3. The van der Waals surface area contributed by atoms with Crippen LogP contribution >= 0.6 is 0 Å². The first-order valence-electron chi connectivity index (χ1n) is 15.3. The lowest BCUT2D eigenvalue weighted by Crippen LogP contribution is -2.46. The first kappa shape index (κ1) is 31.3. The van der Waals surface area contributed by atoms with Gasteiger partial charge in [-0.25, -0.2) is 13.6 Å². The zero-order valence-corrected chi connectivity index (χ0v) is 26.1. The molecule has 1 unspecified atom stereocenters. The lowest BCUT2D eigenvalue weighted by molar-refractivity contribution is -0.112. The molecule has 236 valence electrons. The molecule has 2 saturated heterocycles. The van der Waals surface area contributed by atoms with Crippen molar-refractivity contribution in [2.45, 2.75) is 96.5 Å². The number of carbonyl (C=O) groups is 2. The molecule has 2 aromatic heterocycles. The third-order valence-corrected chi connectivity index (χ3v) is 9.54. The van der Waals surface area contributed by atoms with Crippen molar-refractivity contribution in [1.29, 1.82) is 0 Å². The van der Waals surface area contributed by atoms with Crippen molar-refractivity contribution >= 4 is 29.1 Å². The molecule has 1 amide bonds. The van der Waals surface area contributed by atoms with Gasteiger partial charge in [0.25, 0.3) is 0 Å². The molecule has 0 bridgehead atoms. The number of carbonyl (C=O) groups excluding carboxylic acids is 2. The van der Waals surface area contributed by atoms with E-state index < -0.39 is 29.2 Å². The largest absolute Gasteiger partial charge is 0.461 e. The van der Waals surface area contributed by atoms with Crippen LogP contribution in [0.15, 0.2) is 6.20 Å². The van der Waals surface area contributed by atoms with Crippen molar-refractivity contribution in [2.24, 2.45) is 11.3 Å². The van der Waals surface area contributed by atoms with E-state index in [4.69, 9.17) is 14.5 Å². The van der Waals surface area contributed by atoms with Crippen molar-refractivity contribution in [3.63, 3.8) is 0 Å². The average Bonchev–Trinajstić information content (AvgIpc) is 3.56. The number of aromatic nitrogens is 3. The highest BCUT2D eigenvalue weighted by atomic mass is 19.1. The quantitative estimate of drug-likeness (QED) is 0.364. The highest BCUT2D eigenvalue weighted by Crippen LogP contribution is 2.57. The van der Waals surface area contributed by atoms with Crippen molar-refractivity contribution in [3.8, 4) is 6.01 Å². The van der Waals surface area contributed by atoms with Crippen molar-refractivity contribution in [2.75, 3.05) is 38.2 Å². The number of rotatable bonds is 11. The molecule has 4 heterocycles.